The number of hydrogen-bond acceptors (Lipinski definition) is 5. The summed E-state index contributed by atoms with van der Waals surface area (Å²) in [6, 6.07) is 4.63. The third-order valence-electron chi connectivity index (χ3n) is 2.84. The van der Waals surface area contributed by atoms with Gasteiger partial charge in [-0.3, -0.25) is 4.79 Å². The van der Waals surface area contributed by atoms with E-state index in [0.717, 1.165) is 11.9 Å². The predicted octanol–water partition coefficient (Wildman–Crippen LogP) is 2.46. The summed E-state index contributed by atoms with van der Waals surface area (Å²) in [6.45, 7) is 0. The monoisotopic (exact) mass is 294 g/mol. The molecule has 1 aliphatic rings. The number of carbonyl (C=O) groups excluding carboxylic acids is 1. The molecule has 2 N–H and O–H groups in total. The number of carbonyl (C=O) groups is 1. The molecule has 19 heavy (non-hydrogen) atoms. The molecule has 0 unspecified atom stereocenters. The van der Waals surface area contributed by atoms with Gasteiger partial charge in [0.05, 0.1) is 27.5 Å². The SMILES string of the molecule is CS(=O)(=O)c1ccc2c(c1)NC(=O)c1cscc1N2. The first-order valence-corrected chi connectivity index (χ1v) is 8.27. The molecule has 0 bridgehead atoms. The predicted molar refractivity (Wildman–Crippen MR) is 75.1 cm³/mol. The molecule has 5 nitrogen and oxygen atoms in total. The van der Waals surface area contributed by atoms with E-state index in [0.29, 0.717) is 16.9 Å². The highest BCUT2D eigenvalue weighted by atomic mass is 32.2. The average Bonchev–Trinajstić information content (AvgIpc) is 2.73. The molecular formula is C12H10N2O3S2. The van der Waals surface area contributed by atoms with Crippen molar-refractivity contribution in [3.63, 3.8) is 0 Å². The van der Waals surface area contributed by atoms with Crippen LogP contribution in [0.4, 0.5) is 17.1 Å². The van der Waals surface area contributed by atoms with Crippen LogP contribution in [0.3, 0.4) is 0 Å². The lowest BCUT2D eigenvalue weighted by molar-refractivity contribution is 0.102. The highest BCUT2D eigenvalue weighted by Crippen LogP contribution is 2.35. The van der Waals surface area contributed by atoms with Gasteiger partial charge in [0.15, 0.2) is 9.84 Å². The summed E-state index contributed by atoms with van der Waals surface area (Å²) in [7, 11) is -3.30. The highest BCUT2D eigenvalue weighted by Gasteiger charge is 2.21. The van der Waals surface area contributed by atoms with Crippen LogP contribution in [0.2, 0.25) is 0 Å². The van der Waals surface area contributed by atoms with Gasteiger partial charge in [0.1, 0.15) is 0 Å². The number of thiophene rings is 1. The average molecular weight is 294 g/mol. The lowest BCUT2D eigenvalue weighted by Crippen LogP contribution is -2.10. The molecule has 2 aromatic rings. The molecule has 0 saturated carbocycles. The topological polar surface area (TPSA) is 75.3 Å². The molecule has 0 fully saturated rings. The molecule has 0 radical (unpaired) electrons. The van der Waals surface area contributed by atoms with E-state index in [1.54, 1.807) is 11.4 Å². The molecular weight excluding hydrogens is 284 g/mol. The molecule has 0 atom stereocenters. The Kier molecular flexibility index (Phi) is 2.61. The molecule has 7 heteroatoms. The Hall–Kier alpha value is -1.86. The van der Waals surface area contributed by atoms with Crippen LogP contribution in [-0.2, 0) is 9.84 Å². The van der Waals surface area contributed by atoms with Crippen LogP contribution >= 0.6 is 11.3 Å². The second-order valence-electron chi connectivity index (χ2n) is 4.26. The van der Waals surface area contributed by atoms with Crippen LogP contribution in [-0.4, -0.2) is 20.6 Å². The lowest BCUT2D eigenvalue weighted by Gasteiger charge is -2.09. The van der Waals surface area contributed by atoms with Crippen molar-refractivity contribution < 1.29 is 13.2 Å². The van der Waals surface area contributed by atoms with Gasteiger partial charge in [-0.05, 0) is 18.2 Å². The summed E-state index contributed by atoms with van der Waals surface area (Å²) in [6.07, 6.45) is 1.14. The van der Waals surface area contributed by atoms with Gasteiger partial charge >= 0.3 is 0 Å². The van der Waals surface area contributed by atoms with Gasteiger partial charge in [-0.25, -0.2) is 8.42 Å². The quantitative estimate of drug-likeness (QED) is 0.847. The van der Waals surface area contributed by atoms with E-state index in [4.69, 9.17) is 0 Å². The number of benzene rings is 1. The Labute approximate surface area is 114 Å². The summed E-state index contributed by atoms with van der Waals surface area (Å²) in [4.78, 5) is 12.2. The fraction of sp³-hybridized carbons (Fsp3) is 0.0833. The van der Waals surface area contributed by atoms with Gasteiger partial charge in [-0.2, -0.15) is 0 Å². The van der Waals surface area contributed by atoms with Gasteiger partial charge in [-0.1, -0.05) is 0 Å². The summed E-state index contributed by atoms with van der Waals surface area (Å²) in [5.74, 6) is -0.242. The zero-order valence-electron chi connectivity index (χ0n) is 9.93. The lowest BCUT2D eigenvalue weighted by atomic mass is 10.2. The summed E-state index contributed by atoms with van der Waals surface area (Å²) in [5.41, 5.74) is 2.43. The van der Waals surface area contributed by atoms with Crippen molar-refractivity contribution in [1.29, 1.82) is 0 Å². The van der Waals surface area contributed by atoms with Crippen molar-refractivity contribution in [2.75, 3.05) is 16.9 Å². The Balaban J connectivity index is 2.13. The first-order chi connectivity index (χ1) is 8.95. The molecule has 1 aliphatic heterocycles. The summed E-state index contributed by atoms with van der Waals surface area (Å²) < 4.78 is 23.0. The zero-order chi connectivity index (χ0) is 13.6. The van der Waals surface area contributed by atoms with Crippen LogP contribution in [0.1, 0.15) is 10.4 Å². The molecule has 0 aliphatic carbocycles. The van der Waals surface area contributed by atoms with E-state index in [9.17, 15) is 13.2 Å². The number of sulfone groups is 1. The third-order valence-corrected chi connectivity index (χ3v) is 4.70. The molecule has 0 saturated heterocycles. The number of anilines is 3. The van der Waals surface area contributed by atoms with E-state index in [2.05, 4.69) is 10.6 Å². The van der Waals surface area contributed by atoms with E-state index in [-0.39, 0.29) is 10.8 Å². The zero-order valence-corrected chi connectivity index (χ0v) is 11.6. The standard InChI is InChI=1S/C12H10N2O3S2/c1-19(16,17)7-2-3-9-10(4-7)14-12(15)8-5-18-6-11(8)13-9/h2-6,13H,1H3,(H,14,15). The maximum absolute atomic E-state index is 12.0. The van der Waals surface area contributed by atoms with Crippen LogP contribution in [0, 0.1) is 0 Å². The molecule has 98 valence electrons. The van der Waals surface area contributed by atoms with E-state index in [1.165, 1.54) is 23.5 Å². The fourth-order valence-corrected chi connectivity index (χ4v) is 3.28. The number of rotatable bonds is 1. The van der Waals surface area contributed by atoms with Crippen molar-refractivity contribution in [3.8, 4) is 0 Å². The van der Waals surface area contributed by atoms with Gasteiger partial charge in [0.2, 0.25) is 0 Å². The molecule has 3 rings (SSSR count). The molecule has 1 amide bonds. The van der Waals surface area contributed by atoms with Crippen molar-refractivity contribution >= 4 is 44.1 Å². The largest absolute Gasteiger partial charge is 0.352 e. The third kappa shape index (κ3) is 2.11. The Morgan fingerprint density at radius 2 is 1.84 bits per heavy atom. The first-order valence-electron chi connectivity index (χ1n) is 5.44. The second kappa shape index (κ2) is 4.07. The molecule has 0 spiro atoms. The smallest absolute Gasteiger partial charge is 0.258 e. The minimum Gasteiger partial charge on any atom is -0.352 e. The maximum atomic E-state index is 12.0. The van der Waals surface area contributed by atoms with Crippen LogP contribution in [0.15, 0.2) is 33.9 Å². The number of hydrogen-bond donors (Lipinski definition) is 2. The van der Waals surface area contributed by atoms with Gasteiger partial charge in [0, 0.05) is 17.0 Å². The normalized spacial score (nSPS) is 13.8. The van der Waals surface area contributed by atoms with E-state index in [1.807, 2.05) is 5.38 Å². The number of amides is 1. The Morgan fingerprint density at radius 1 is 1.05 bits per heavy atom. The fourth-order valence-electron chi connectivity index (χ4n) is 1.87. The second-order valence-corrected chi connectivity index (χ2v) is 7.02. The van der Waals surface area contributed by atoms with Gasteiger partial charge in [0.25, 0.3) is 5.91 Å². The van der Waals surface area contributed by atoms with Crippen molar-refractivity contribution in [2.24, 2.45) is 0 Å². The Bertz CT molecular complexity index is 778. The molecule has 1 aromatic carbocycles. The van der Waals surface area contributed by atoms with Gasteiger partial charge < -0.3 is 10.6 Å². The van der Waals surface area contributed by atoms with E-state index >= 15 is 0 Å². The number of fused-ring (bicyclic) bond motifs is 2. The van der Waals surface area contributed by atoms with Crippen molar-refractivity contribution in [3.05, 3.63) is 34.5 Å². The van der Waals surface area contributed by atoms with Crippen molar-refractivity contribution in [2.45, 2.75) is 4.90 Å². The van der Waals surface area contributed by atoms with Gasteiger partial charge in [-0.15, -0.1) is 11.3 Å². The molecule has 2 heterocycles. The molecule has 1 aromatic heterocycles. The van der Waals surface area contributed by atoms with Crippen LogP contribution in [0.5, 0.6) is 0 Å². The van der Waals surface area contributed by atoms with E-state index < -0.39 is 9.84 Å². The van der Waals surface area contributed by atoms with Crippen molar-refractivity contribution in [1.82, 2.24) is 0 Å². The highest BCUT2D eigenvalue weighted by molar-refractivity contribution is 7.90. The first kappa shape index (κ1) is 12.2. The van der Waals surface area contributed by atoms with Crippen LogP contribution < -0.4 is 10.6 Å². The minimum absolute atomic E-state index is 0.178. The maximum Gasteiger partial charge on any atom is 0.258 e. The summed E-state index contributed by atoms with van der Waals surface area (Å²) in [5, 5.41) is 9.44. The van der Waals surface area contributed by atoms with Crippen LogP contribution in [0.25, 0.3) is 0 Å². The minimum atomic E-state index is -3.30. The summed E-state index contributed by atoms with van der Waals surface area (Å²) >= 11 is 1.43. The number of nitrogens with one attached hydrogen (secondary N) is 2. The Morgan fingerprint density at radius 3 is 2.58 bits per heavy atom.